The number of likely N-dealkylation sites (N-methyl/N-ethyl adjacent to an activating group) is 1. The molecule has 1 aromatic carbocycles. The summed E-state index contributed by atoms with van der Waals surface area (Å²) in [6, 6.07) is 8.50. The summed E-state index contributed by atoms with van der Waals surface area (Å²) < 4.78 is 13.3. The Balaban J connectivity index is 1.22. The number of amides is 1. The van der Waals surface area contributed by atoms with Gasteiger partial charge in [-0.2, -0.15) is 0 Å². The number of nitrogens with zero attached hydrogens (tertiary/aromatic N) is 6. The first kappa shape index (κ1) is 20.2. The highest BCUT2D eigenvalue weighted by Gasteiger charge is 2.53. The zero-order valence-corrected chi connectivity index (χ0v) is 18.0. The van der Waals surface area contributed by atoms with Gasteiger partial charge in [0.15, 0.2) is 0 Å². The largest absolute Gasteiger partial charge is 0.354 e. The highest BCUT2D eigenvalue weighted by Crippen LogP contribution is 2.49. The van der Waals surface area contributed by atoms with Crippen molar-refractivity contribution in [2.75, 3.05) is 69.2 Å². The van der Waals surface area contributed by atoms with Crippen LogP contribution in [0.3, 0.4) is 0 Å². The quantitative estimate of drug-likeness (QED) is 0.746. The molecule has 31 heavy (non-hydrogen) atoms. The Morgan fingerprint density at radius 1 is 0.871 bits per heavy atom. The normalized spacial score (nSPS) is 21.3. The van der Waals surface area contributed by atoms with Crippen LogP contribution in [0.4, 0.5) is 16.0 Å². The molecule has 1 aliphatic carbocycles. The van der Waals surface area contributed by atoms with E-state index in [1.165, 1.54) is 12.1 Å². The van der Waals surface area contributed by atoms with Crippen LogP contribution in [0.2, 0.25) is 0 Å². The van der Waals surface area contributed by atoms with E-state index < -0.39 is 5.41 Å². The number of halogens is 1. The van der Waals surface area contributed by atoms with E-state index in [0.717, 1.165) is 69.3 Å². The number of hydrogen-bond acceptors (Lipinski definition) is 6. The second-order valence-corrected chi connectivity index (χ2v) is 8.89. The Morgan fingerprint density at radius 2 is 1.42 bits per heavy atom. The van der Waals surface area contributed by atoms with Crippen LogP contribution in [0.25, 0.3) is 0 Å². The maximum absolute atomic E-state index is 13.3. The van der Waals surface area contributed by atoms with Gasteiger partial charge in [-0.05, 0) is 37.6 Å². The van der Waals surface area contributed by atoms with E-state index in [4.69, 9.17) is 0 Å². The summed E-state index contributed by atoms with van der Waals surface area (Å²) in [4.78, 5) is 31.1. The van der Waals surface area contributed by atoms with Crippen LogP contribution in [0.15, 0.2) is 36.7 Å². The number of anilines is 2. The van der Waals surface area contributed by atoms with Crippen LogP contribution in [-0.4, -0.2) is 85.1 Å². The summed E-state index contributed by atoms with van der Waals surface area (Å²) in [5.41, 5.74) is 0.494. The van der Waals surface area contributed by atoms with Crippen molar-refractivity contribution in [1.29, 1.82) is 0 Å². The fourth-order valence-electron chi connectivity index (χ4n) is 4.68. The zero-order valence-electron chi connectivity index (χ0n) is 18.0. The minimum Gasteiger partial charge on any atom is -0.354 e. The first-order chi connectivity index (χ1) is 15.0. The molecule has 0 N–H and O–H groups in total. The third kappa shape index (κ3) is 3.96. The van der Waals surface area contributed by atoms with Gasteiger partial charge in [-0.3, -0.25) is 4.79 Å². The Bertz CT molecular complexity index is 931. The third-order valence-corrected chi connectivity index (χ3v) is 6.91. The van der Waals surface area contributed by atoms with Crippen molar-refractivity contribution in [3.05, 3.63) is 48.0 Å². The predicted octanol–water partition coefficient (Wildman–Crippen LogP) is 1.75. The molecule has 2 aliphatic heterocycles. The van der Waals surface area contributed by atoms with Gasteiger partial charge >= 0.3 is 0 Å². The van der Waals surface area contributed by atoms with Crippen molar-refractivity contribution >= 4 is 17.5 Å². The highest BCUT2D eigenvalue weighted by atomic mass is 19.1. The summed E-state index contributed by atoms with van der Waals surface area (Å²) in [7, 11) is 2.14. The molecular formula is C23H29FN6O. The number of carbonyl (C=O) groups excluding carboxylic acids is 1. The van der Waals surface area contributed by atoms with Gasteiger partial charge in [0.2, 0.25) is 5.91 Å². The zero-order chi connectivity index (χ0) is 21.4. The SMILES string of the molecule is CN1CCN(c2cc(N3CCN(C(=O)C4(c5ccc(F)cc5)CC4)CC3)ncn2)CC1. The molecule has 3 aliphatic rings. The molecule has 1 amide bonds. The maximum atomic E-state index is 13.3. The summed E-state index contributed by atoms with van der Waals surface area (Å²) in [5.74, 6) is 1.82. The molecule has 3 heterocycles. The van der Waals surface area contributed by atoms with Crippen molar-refractivity contribution in [2.24, 2.45) is 0 Å². The van der Waals surface area contributed by atoms with Gasteiger partial charge in [0, 0.05) is 58.4 Å². The summed E-state index contributed by atoms with van der Waals surface area (Å²) in [5, 5.41) is 0. The second-order valence-electron chi connectivity index (χ2n) is 8.89. The fraction of sp³-hybridized carbons (Fsp3) is 0.522. The smallest absolute Gasteiger partial charge is 0.233 e. The molecule has 0 spiro atoms. The Morgan fingerprint density at radius 3 is 1.97 bits per heavy atom. The van der Waals surface area contributed by atoms with Gasteiger partial charge in [0.05, 0.1) is 5.41 Å². The molecule has 0 radical (unpaired) electrons. The van der Waals surface area contributed by atoms with Gasteiger partial charge in [-0.1, -0.05) is 12.1 Å². The lowest BCUT2D eigenvalue weighted by Crippen LogP contribution is -2.52. The molecule has 8 heteroatoms. The van der Waals surface area contributed by atoms with E-state index in [1.54, 1.807) is 18.5 Å². The van der Waals surface area contributed by atoms with Crippen molar-refractivity contribution in [2.45, 2.75) is 18.3 Å². The first-order valence-corrected chi connectivity index (χ1v) is 11.1. The molecule has 3 fully saturated rings. The van der Waals surface area contributed by atoms with Crippen LogP contribution < -0.4 is 9.80 Å². The topological polar surface area (TPSA) is 55.8 Å². The Hall–Kier alpha value is -2.74. The molecule has 2 saturated heterocycles. The molecule has 1 saturated carbocycles. The molecule has 5 rings (SSSR count). The number of aromatic nitrogens is 2. The average molecular weight is 425 g/mol. The van der Waals surface area contributed by atoms with Crippen LogP contribution in [0.5, 0.6) is 0 Å². The van der Waals surface area contributed by atoms with E-state index in [1.807, 2.05) is 4.90 Å². The summed E-state index contributed by atoms with van der Waals surface area (Å²) in [6.07, 6.45) is 3.34. The summed E-state index contributed by atoms with van der Waals surface area (Å²) in [6.45, 7) is 6.88. The Kier molecular flexibility index (Phi) is 5.25. The number of rotatable bonds is 4. The van der Waals surface area contributed by atoms with E-state index in [-0.39, 0.29) is 11.7 Å². The van der Waals surface area contributed by atoms with E-state index in [2.05, 4.69) is 37.8 Å². The van der Waals surface area contributed by atoms with Crippen LogP contribution >= 0.6 is 0 Å². The predicted molar refractivity (Wildman–Crippen MR) is 118 cm³/mol. The van der Waals surface area contributed by atoms with Gasteiger partial charge in [0.1, 0.15) is 23.8 Å². The van der Waals surface area contributed by atoms with Gasteiger partial charge in [0.25, 0.3) is 0 Å². The van der Waals surface area contributed by atoms with Gasteiger partial charge in [-0.15, -0.1) is 0 Å². The Labute approximate surface area is 182 Å². The molecule has 0 atom stereocenters. The van der Waals surface area contributed by atoms with E-state index in [0.29, 0.717) is 13.1 Å². The number of benzene rings is 1. The third-order valence-electron chi connectivity index (χ3n) is 6.91. The van der Waals surface area contributed by atoms with Crippen molar-refractivity contribution < 1.29 is 9.18 Å². The van der Waals surface area contributed by atoms with Crippen LogP contribution in [-0.2, 0) is 10.2 Å². The molecule has 1 aromatic heterocycles. The highest BCUT2D eigenvalue weighted by molar-refractivity contribution is 5.91. The first-order valence-electron chi connectivity index (χ1n) is 11.1. The van der Waals surface area contributed by atoms with Gasteiger partial charge in [-0.25, -0.2) is 14.4 Å². The minimum atomic E-state index is -0.445. The molecular weight excluding hydrogens is 395 g/mol. The maximum Gasteiger partial charge on any atom is 0.233 e. The minimum absolute atomic E-state index is 0.180. The number of hydrogen-bond donors (Lipinski definition) is 0. The average Bonchev–Trinajstić information content (AvgIpc) is 3.62. The summed E-state index contributed by atoms with van der Waals surface area (Å²) >= 11 is 0. The van der Waals surface area contributed by atoms with Crippen LogP contribution in [0, 0.1) is 5.82 Å². The molecule has 164 valence electrons. The number of carbonyl (C=O) groups is 1. The molecule has 0 bridgehead atoms. The standard InChI is InChI=1S/C23H29FN6O/c1-27-8-10-28(11-9-27)20-16-21(26-17-25-20)29-12-14-30(15-13-29)22(31)23(6-7-23)18-2-4-19(24)5-3-18/h2-5,16-17H,6-15H2,1H3. The molecule has 7 nitrogen and oxygen atoms in total. The molecule has 2 aromatic rings. The number of piperazine rings is 2. The lowest BCUT2D eigenvalue weighted by molar-refractivity contribution is -0.134. The van der Waals surface area contributed by atoms with E-state index in [9.17, 15) is 9.18 Å². The van der Waals surface area contributed by atoms with Crippen molar-refractivity contribution in [1.82, 2.24) is 19.8 Å². The van der Waals surface area contributed by atoms with E-state index >= 15 is 0 Å². The lowest BCUT2D eigenvalue weighted by atomic mass is 9.94. The molecule has 0 unspecified atom stereocenters. The van der Waals surface area contributed by atoms with Crippen LogP contribution in [0.1, 0.15) is 18.4 Å². The monoisotopic (exact) mass is 424 g/mol. The van der Waals surface area contributed by atoms with Crippen molar-refractivity contribution in [3.8, 4) is 0 Å². The second kappa shape index (κ2) is 8.07. The lowest BCUT2D eigenvalue weighted by Gasteiger charge is -2.38. The fourth-order valence-corrected chi connectivity index (χ4v) is 4.68. The van der Waals surface area contributed by atoms with Crippen molar-refractivity contribution in [3.63, 3.8) is 0 Å². The van der Waals surface area contributed by atoms with Gasteiger partial charge < -0.3 is 19.6 Å².